The molecule has 3 rings (SSSR count). The number of piperidine rings is 1. The molecule has 28 heavy (non-hydrogen) atoms. The van der Waals surface area contributed by atoms with Crippen molar-refractivity contribution >= 4 is 21.8 Å². The molecule has 1 fully saturated rings. The Bertz CT molecular complexity index is 771. The second kappa shape index (κ2) is 10.0. The number of carbonyl (C=O) groups excluding carboxylic acids is 1. The van der Waals surface area contributed by atoms with Gasteiger partial charge in [-0.1, -0.05) is 52.3 Å². The van der Waals surface area contributed by atoms with E-state index in [1.807, 2.05) is 42.5 Å². The van der Waals surface area contributed by atoms with Crippen molar-refractivity contribution in [2.75, 3.05) is 19.7 Å². The molecule has 0 aromatic heterocycles. The Balaban J connectivity index is 1.58. The van der Waals surface area contributed by atoms with Crippen molar-refractivity contribution in [2.45, 2.75) is 32.0 Å². The number of amides is 1. The van der Waals surface area contributed by atoms with Crippen molar-refractivity contribution in [1.29, 1.82) is 0 Å². The van der Waals surface area contributed by atoms with Crippen LogP contribution in [0, 0.1) is 5.92 Å². The number of halogens is 1. The molecule has 150 valence electrons. The molecular formula is C22H27BrN2O3. The van der Waals surface area contributed by atoms with E-state index >= 15 is 0 Å². The van der Waals surface area contributed by atoms with Crippen LogP contribution < -0.4 is 10.1 Å². The summed E-state index contributed by atoms with van der Waals surface area (Å²) in [5, 5.41) is 12.8. The minimum atomic E-state index is -0.613. The molecule has 0 bridgehead atoms. The maximum absolute atomic E-state index is 12.7. The van der Waals surface area contributed by atoms with Crippen LogP contribution in [0.25, 0.3) is 0 Å². The number of benzene rings is 2. The van der Waals surface area contributed by atoms with Crippen molar-refractivity contribution in [3.05, 3.63) is 64.6 Å². The van der Waals surface area contributed by atoms with Gasteiger partial charge in [-0.15, -0.1) is 0 Å². The minimum Gasteiger partial charge on any atom is -0.481 e. The molecule has 1 aliphatic rings. The summed E-state index contributed by atoms with van der Waals surface area (Å²) in [7, 11) is 0. The first-order chi connectivity index (χ1) is 13.5. The molecule has 2 N–H and O–H groups in total. The highest BCUT2D eigenvalue weighted by Crippen LogP contribution is 2.21. The van der Waals surface area contributed by atoms with E-state index in [9.17, 15) is 9.90 Å². The lowest BCUT2D eigenvalue weighted by Gasteiger charge is -2.38. The third kappa shape index (κ3) is 5.80. The van der Waals surface area contributed by atoms with Gasteiger partial charge in [0, 0.05) is 36.1 Å². The SMILES string of the molecule is C[C@H](Oc1cccc(Br)c1)C(=O)N[C@H]1CN(Cc2ccccc2)CC[C@H]1CO. The van der Waals surface area contributed by atoms with Gasteiger partial charge in [-0.3, -0.25) is 9.69 Å². The van der Waals surface area contributed by atoms with E-state index in [0.717, 1.165) is 30.5 Å². The number of hydrogen-bond acceptors (Lipinski definition) is 4. The Kier molecular flexibility index (Phi) is 7.48. The normalized spacial score (nSPS) is 21.1. The molecule has 6 heteroatoms. The highest BCUT2D eigenvalue weighted by Gasteiger charge is 2.31. The summed E-state index contributed by atoms with van der Waals surface area (Å²) in [4.78, 5) is 15.0. The summed E-state index contributed by atoms with van der Waals surface area (Å²) in [6, 6.07) is 17.7. The minimum absolute atomic E-state index is 0.0639. The fourth-order valence-electron chi connectivity index (χ4n) is 3.53. The Morgan fingerprint density at radius 1 is 1.29 bits per heavy atom. The fraction of sp³-hybridized carbons (Fsp3) is 0.409. The number of aliphatic hydroxyl groups excluding tert-OH is 1. The lowest BCUT2D eigenvalue weighted by atomic mass is 9.91. The average Bonchev–Trinajstić information content (AvgIpc) is 2.69. The van der Waals surface area contributed by atoms with E-state index in [0.29, 0.717) is 5.75 Å². The summed E-state index contributed by atoms with van der Waals surface area (Å²) in [5.41, 5.74) is 1.25. The zero-order valence-electron chi connectivity index (χ0n) is 16.1. The van der Waals surface area contributed by atoms with Gasteiger partial charge in [-0.2, -0.15) is 0 Å². The molecule has 1 amide bonds. The first-order valence-electron chi connectivity index (χ1n) is 9.65. The Morgan fingerprint density at radius 2 is 2.07 bits per heavy atom. The van der Waals surface area contributed by atoms with Crippen molar-refractivity contribution in [3.8, 4) is 5.75 Å². The molecule has 2 aromatic rings. The predicted octanol–water partition coefficient (Wildman–Crippen LogP) is 3.22. The van der Waals surface area contributed by atoms with Crippen molar-refractivity contribution in [3.63, 3.8) is 0 Å². The number of nitrogens with zero attached hydrogens (tertiary/aromatic N) is 1. The van der Waals surface area contributed by atoms with Crippen LogP contribution in [0.5, 0.6) is 5.75 Å². The lowest BCUT2D eigenvalue weighted by Crippen LogP contribution is -2.55. The molecule has 0 radical (unpaired) electrons. The van der Waals surface area contributed by atoms with Gasteiger partial charge in [0.1, 0.15) is 5.75 Å². The van der Waals surface area contributed by atoms with Crippen LogP contribution in [0.1, 0.15) is 18.9 Å². The summed E-state index contributed by atoms with van der Waals surface area (Å²) < 4.78 is 6.68. The van der Waals surface area contributed by atoms with E-state index in [2.05, 4.69) is 38.3 Å². The van der Waals surface area contributed by atoms with Crippen LogP contribution >= 0.6 is 15.9 Å². The maximum Gasteiger partial charge on any atom is 0.261 e. The second-order valence-electron chi connectivity index (χ2n) is 7.28. The van der Waals surface area contributed by atoms with Gasteiger partial charge in [0.15, 0.2) is 6.10 Å². The molecule has 1 heterocycles. The molecule has 1 aliphatic heterocycles. The van der Waals surface area contributed by atoms with Gasteiger partial charge in [0.2, 0.25) is 0 Å². The first kappa shape index (κ1) is 20.8. The first-order valence-corrected chi connectivity index (χ1v) is 10.4. The Labute approximate surface area is 174 Å². The molecule has 0 saturated carbocycles. The number of aliphatic hydroxyl groups is 1. The quantitative estimate of drug-likeness (QED) is 0.685. The molecular weight excluding hydrogens is 420 g/mol. The third-order valence-electron chi connectivity index (χ3n) is 5.13. The number of nitrogens with one attached hydrogen (secondary N) is 1. The smallest absolute Gasteiger partial charge is 0.261 e. The summed E-state index contributed by atoms with van der Waals surface area (Å²) in [6.07, 6.45) is 0.243. The zero-order valence-corrected chi connectivity index (χ0v) is 17.6. The number of likely N-dealkylation sites (tertiary alicyclic amines) is 1. The standard InChI is InChI=1S/C22H27BrN2O3/c1-16(28-20-9-5-8-19(23)12-20)22(27)24-21-14-25(11-10-18(21)15-26)13-17-6-3-2-4-7-17/h2-9,12,16,18,21,26H,10-11,13-15H2,1H3,(H,24,27)/t16-,18-,21-/m0/s1. The molecule has 0 aliphatic carbocycles. The van der Waals surface area contributed by atoms with Gasteiger partial charge in [-0.25, -0.2) is 0 Å². The van der Waals surface area contributed by atoms with E-state index < -0.39 is 6.10 Å². The fourth-order valence-corrected chi connectivity index (χ4v) is 3.91. The van der Waals surface area contributed by atoms with Crippen molar-refractivity contribution in [2.24, 2.45) is 5.92 Å². The molecule has 5 nitrogen and oxygen atoms in total. The number of ether oxygens (including phenoxy) is 1. The Hall–Kier alpha value is -1.89. The molecule has 3 atom stereocenters. The Morgan fingerprint density at radius 3 is 2.79 bits per heavy atom. The highest BCUT2D eigenvalue weighted by molar-refractivity contribution is 9.10. The second-order valence-corrected chi connectivity index (χ2v) is 8.20. The maximum atomic E-state index is 12.7. The summed E-state index contributed by atoms with van der Waals surface area (Å²) >= 11 is 3.41. The predicted molar refractivity (Wildman–Crippen MR) is 113 cm³/mol. The van der Waals surface area contributed by atoms with Gasteiger partial charge < -0.3 is 15.2 Å². The third-order valence-corrected chi connectivity index (χ3v) is 5.62. The van der Waals surface area contributed by atoms with E-state index in [1.165, 1.54) is 5.56 Å². The largest absolute Gasteiger partial charge is 0.481 e. The number of rotatable bonds is 7. The molecule has 1 saturated heterocycles. The molecule has 2 aromatic carbocycles. The number of carbonyl (C=O) groups is 1. The lowest BCUT2D eigenvalue weighted by molar-refractivity contribution is -0.129. The van der Waals surface area contributed by atoms with Crippen LogP contribution in [0.2, 0.25) is 0 Å². The van der Waals surface area contributed by atoms with Gasteiger partial charge >= 0.3 is 0 Å². The summed E-state index contributed by atoms with van der Waals surface area (Å²) in [6.45, 7) is 4.29. The van der Waals surface area contributed by atoms with E-state index in [1.54, 1.807) is 6.92 Å². The van der Waals surface area contributed by atoms with E-state index in [4.69, 9.17) is 4.74 Å². The van der Waals surface area contributed by atoms with E-state index in [-0.39, 0.29) is 24.5 Å². The van der Waals surface area contributed by atoms with Gasteiger partial charge in [-0.05, 0) is 43.7 Å². The average molecular weight is 447 g/mol. The van der Waals surface area contributed by atoms with Gasteiger partial charge in [0.25, 0.3) is 5.91 Å². The zero-order chi connectivity index (χ0) is 19.9. The van der Waals surface area contributed by atoms with Crippen LogP contribution in [0.4, 0.5) is 0 Å². The topological polar surface area (TPSA) is 61.8 Å². The highest BCUT2D eigenvalue weighted by atomic mass is 79.9. The monoisotopic (exact) mass is 446 g/mol. The van der Waals surface area contributed by atoms with Crippen LogP contribution in [0.3, 0.4) is 0 Å². The van der Waals surface area contributed by atoms with Crippen LogP contribution in [0.15, 0.2) is 59.1 Å². The van der Waals surface area contributed by atoms with Crippen molar-refractivity contribution < 1.29 is 14.6 Å². The van der Waals surface area contributed by atoms with Crippen LogP contribution in [-0.4, -0.2) is 47.8 Å². The number of hydrogen-bond donors (Lipinski definition) is 2. The van der Waals surface area contributed by atoms with Crippen LogP contribution in [-0.2, 0) is 11.3 Å². The van der Waals surface area contributed by atoms with Crippen molar-refractivity contribution in [1.82, 2.24) is 10.2 Å². The molecule has 0 spiro atoms. The summed E-state index contributed by atoms with van der Waals surface area (Å²) in [5.74, 6) is 0.545. The van der Waals surface area contributed by atoms with Gasteiger partial charge in [0.05, 0.1) is 0 Å². The molecule has 0 unspecified atom stereocenters.